The van der Waals surface area contributed by atoms with E-state index >= 15 is 0 Å². The van der Waals surface area contributed by atoms with E-state index in [0.29, 0.717) is 18.1 Å². The zero-order chi connectivity index (χ0) is 17.2. The van der Waals surface area contributed by atoms with Crippen LogP contribution in [0.1, 0.15) is 22.7 Å². The van der Waals surface area contributed by atoms with Crippen molar-refractivity contribution in [3.8, 4) is 5.69 Å². The third-order valence-corrected chi connectivity index (χ3v) is 5.31. The Morgan fingerprint density at radius 2 is 2.20 bits per heavy atom. The molecule has 1 aliphatic heterocycles. The summed E-state index contributed by atoms with van der Waals surface area (Å²) in [4.78, 5) is 3.61. The SMILES string of the molecule is Cc1ccc(F)c(-n2nnnc2CN2CC=C(c3cccs3)CC2)c1. The molecule has 25 heavy (non-hydrogen) atoms. The highest BCUT2D eigenvalue weighted by Gasteiger charge is 2.18. The number of nitrogens with zero attached hydrogens (tertiary/aromatic N) is 5. The van der Waals surface area contributed by atoms with Crippen molar-refractivity contribution in [3.05, 3.63) is 63.9 Å². The molecule has 0 amide bonds. The van der Waals surface area contributed by atoms with E-state index in [9.17, 15) is 4.39 Å². The molecule has 0 bridgehead atoms. The van der Waals surface area contributed by atoms with Crippen LogP contribution in [0.25, 0.3) is 11.3 Å². The van der Waals surface area contributed by atoms with Crippen LogP contribution in [0.15, 0.2) is 41.8 Å². The van der Waals surface area contributed by atoms with Gasteiger partial charge in [-0.3, -0.25) is 4.90 Å². The third kappa shape index (κ3) is 3.38. The van der Waals surface area contributed by atoms with Gasteiger partial charge in [-0.25, -0.2) is 4.39 Å². The monoisotopic (exact) mass is 355 g/mol. The highest BCUT2D eigenvalue weighted by Crippen LogP contribution is 2.26. The van der Waals surface area contributed by atoms with Crippen molar-refractivity contribution in [1.82, 2.24) is 25.1 Å². The smallest absolute Gasteiger partial charge is 0.170 e. The third-order valence-electron chi connectivity index (χ3n) is 4.36. The lowest BCUT2D eigenvalue weighted by atomic mass is 10.1. The van der Waals surface area contributed by atoms with E-state index in [4.69, 9.17) is 0 Å². The Bertz CT molecular complexity index is 900. The molecule has 0 radical (unpaired) electrons. The van der Waals surface area contributed by atoms with E-state index < -0.39 is 0 Å². The van der Waals surface area contributed by atoms with Crippen molar-refractivity contribution in [2.75, 3.05) is 13.1 Å². The fourth-order valence-electron chi connectivity index (χ4n) is 3.02. The van der Waals surface area contributed by atoms with Gasteiger partial charge >= 0.3 is 0 Å². The van der Waals surface area contributed by atoms with Crippen molar-refractivity contribution in [2.45, 2.75) is 19.9 Å². The number of tetrazole rings is 1. The van der Waals surface area contributed by atoms with E-state index in [0.717, 1.165) is 25.1 Å². The van der Waals surface area contributed by atoms with Crippen molar-refractivity contribution in [3.63, 3.8) is 0 Å². The van der Waals surface area contributed by atoms with Crippen LogP contribution in [-0.2, 0) is 6.54 Å². The van der Waals surface area contributed by atoms with Crippen molar-refractivity contribution in [1.29, 1.82) is 0 Å². The molecular formula is C18H18FN5S. The number of thiophene rings is 1. The normalized spacial score (nSPS) is 15.4. The van der Waals surface area contributed by atoms with Crippen LogP contribution < -0.4 is 0 Å². The second kappa shape index (κ2) is 6.85. The summed E-state index contributed by atoms with van der Waals surface area (Å²) in [5, 5.41) is 13.9. The molecule has 4 rings (SSSR count). The molecule has 0 unspecified atom stereocenters. The van der Waals surface area contributed by atoms with Crippen LogP contribution in [0.2, 0.25) is 0 Å². The number of rotatable bonds is 4. The Labute approximate surface area is 149 Å². The summed E-state index contributed by atoms with van der Waals surface area (Å²) in [5.41, 5.74) is 2.77. The van der Waals surface area contributed by atoms with Crippen LogP contribution >= 0.6 is 11.3 Å². The highest BCUT2D eigenvalue weighted by atomic mass is 32.1. The Hall–Kier alpha value is -2.38. The Balaban J connectivity index is 1.52. The van der Waals surface area contributed by atoms with Crippen LogP contribution in [0.3, 0.4) is 0 Å². The lowest BCUT2D eigenvalue weighted by Gasteiger charge is -2.25. The van der Waals surface area contributed by atoms with Crippen molar-refractivity contribution >= 4 is 16.9 Å². The zero-order valence-corrected chi connectivity index (χ0v) is 14.7. The second-order valence-corrected chi connectivity index (χ2v) is 7.10. The first-order chi connectivity index (χ1) is 12.2. The first-order valence-electron chi connectivity index (χ1n) is 8.20. The summed E-state index contributed by atoms with van der Waals surface area (Å²) in [6.45, 7) is 4.30. The summed E-state index contributed by atoms with van der Waals surface area (Å²) in [5.74, 6) is 0.329. The minimum Gasteiger partial charge on any atom is -0.292 e. The van der Waals surface area contributed by atoms with E-state index in [2.05, 4.69) is 44.0 Å². The van der Waals surface area contributed by atoms with Crippen LogP contribution in [0, 0.1) is 12.7 Å². The quantitative estimate of drug-likeness (QED) is 0.719. The number of benzene rings is 1. The van der Waals surface area contributed by atoms with Crippen LogP contribution in [0.5, 0.6) is 0 Å². The summed E-state index contributed by atoms with van der Waals surface area (Å²) in [6, 6.07) is 9.20. The summed E-state index contributed by atoms with van der Waals surface area (Å²) < 4.78 is 15.7. The fourth-order valence-corrected chi connectivity index (χ4v) is 3.81. The van der Waals surface area contributed by atoms with Gasteiger partial charge in [0.15, 0.2) is 5.82 Å². The maximum atomic E-state index is 14.2. The average molecular weight is 355 g/mol. The van der Waals surface area contributed by atoms with Gasteiger partial charge in [-0.05, 0) is 58.5 Å². The minimum absolute atomic E-state index is 0.322. The topological polar surface area (TPSA) is 46.8 Å². The van der Waals surface area contributed by atoms with E-state index in [-0.39, 0.29) is 5.82 Å². The molecule has 7 heteroatoms. The fraction of sp³-hybridized carbons (Fsp3) is 0.278. The van der Waals surface area contributed by atoms with Gasteiger partial charge in [0.2, 0.25) is 0 Å². The average Bonchev–Trinajstić information content (AvgIpc) is 3.30. The summed E-state index contributed by atoms with van der Waals surface area (Å²) in [6.07, 6.45) is 3.26. The van der Waals surface area contributed by atoms with Crippen molar-refractivity contribution in [2.24, 2.45) is 0 Å². The van der Waals surface area contributed by atoms with Gasteiger partial charge in [-0.1, -0.05) is 18.2 Å². The van der Waals surface area contributed by atoms with Gasteiger partial charge in [-0.2, -0.15) is 4.68 Å². The highest BCUT2D eigenvalue weighted by molar-refractivity contribution is 7.11. The molecule has 0 N–H and O–H groups in total. The lowest BCUT2D eigenvalue weighted by Crippen LogP contribution is -2.29. The number of hydrogen-bond donors (Lipinski definition) is 0. The summed E-state index contributed by atoms with van der Waals surface area (Å²) >= 11 is 1.77. The molecule has 0 aliphatic carbocycles. The van der Waals surface area contributed by atoms with Gasteiger partial charge < -0.3 is 0 Å². The predicted molar refractivity (Wildman–Crippen MR) is 96.0 cm³/mol. The Kier molecular flexibility index (Phi) is 4.42. The molecule has 0 saturated carbocycles. The number of aromatic nitrogens is 4. The molecule has 0 spiro atoms. The maximum Gasteiger partial charge on any atom is 0.170 e. The molecule has 5 nitrogen and oxygen atoms in total. The number of halogens is 1. The van der Waals surface area contributed by atoms with Gasteiger partial charge in [0.1, 0.15) is 11.5 Å². The number of hydrogen-bond acceptors (Lipinski definition) is 5. The largest absolute Gasteiger partial charge is 0.292 e. The molecule has 0 saturated heterocycles. The van der Waals surface area contributed by atoms with Crippen LogP contribution in [-0.4, -0.2) is 38.2 Å². The first kappa shape index (κ1) is 16.1. The number of aryl methyl sites for hydroxylation is 1. The van der Waals surface area contributed by atoms with Crippen molar-refractivity contribution < 1.29 is 4.39 Å². The second-order valence-electron chi connectivity index (χ2n) is 6.15. The minimum atomic E-state index is -0.322. The Morgan fingerprint density at radius 3 is 2.96 bits per heavy atom. The molecule has 3 heterocycles. The maximum absolute atomic E-state index is 14.2. The van der Waals surface area contributed by atoms with E-state index in [1.807, 2.05) is 6.92 Å². The zero-order valence-electron chi connectivity index (χ0n) is 13.9. The first-order valence-corrected chi connectivity index (χ1v) is 9.08. The van der Waals surface area contributed by atoms with Gasteiger partial charge in [0, 0.05) is 18.0 Å². The molecule has 1 aromatic carbocycles. The molecule has 0 atom stereocenters. The molecule has 2 aromatic heterocycles. The molecular weight excluding hydrogens is 337 g/mol. The Morgan fingerprint density at radius 1 is 1.28 bits per heavy atom. The van der Waals surface area contributed by atoms with Crippen LogP contribution in [0.4, 0.5) is 4.39 Å². The van der Waals surface area contributed by atoms with E-state index in [1.165, 1.54) is 21.2 Å². The standard InChI is InChI=1S/C18H18FN5S/c1-13-4-5-15(19)16(11-13)24-18(20-21-22-24)12-23-8-6-14(7-9-23)17-3-2-10-25-17/h2-6,10-11H,7-9,12H2,1H3. The molecule has 0 fully saturated rings. The van der Waals surface area contributed by atoms with Gasteiger partial charge in [0.25, 0.3) is 0 Å². The summed E-state index contributed by atoms with van der Waals surface area (Å²) in [7, 11) is 0. The van der Waals surface area contributed by atoms with Gasteiger partial charge in [0.05, 0.1) is 6.54 Å². The predicted octanol–water partition coefficient (Wildman–Crippen LogP) is 3.46. The van der Waals surface area contributed by atoms with E-state index in [1.54, 1.807) is 23.5 Å². The molecule has 1 aliphatic rings. The molecule has 3 aromatic rings. The van der Waals surface area contributed by atoms with Gasteiger partial charge in [-0.15, -0.1) is 16.4 Å². The molecule has 128 valence electrons. The lowest BCUT2D eigenvalue weighted by molar-refractivity contribution is 0.283.